The van der Waals surface area contributed by atoms with Crippen LogP contribution >= 0.6 is 0 Å². The second-order valence-electron chi connectivity index (χ2n) is 6.15. The second kappa shape index (κ2) is 5.02. The van der Waals surface area contributed by atoms with Gasteiger partial charge in [-0.3, -0.25) is 4.98 Å². The minimum atomic E-state index is -4.44. The van der Waals surface area contributed by atoms with Crippen LogP contribution in [0.1, 0.15) is 49.3 Å². The van der Waals surface area contributed by atoms with Crippen LogP contribution in [0.15, 0.2) is 18.5 Å². The summed E-state index contributed by atoms with van der Waals surface area (Å²) >= 11 is 0. The molecule has 1 aromatic heterocycles. The Morgan fingerprint density at radius 3 is 2.70 bits per heavy atom. The minimum Gasteiger partial charge on any atom is -0.388 e. The van der Waals surface area contributed by atoms with Crippen LogP contribution in [-0.2, 0) is 6.18 Å². The molecule has 0 radical (unpaired) electrons. The van der Waals surface area contributed by atoms with Crippen molar-refractivity contribution in [2.45, 2.75) is 44.4 Å². The van der Waals surface area contributed by atoms with E-state index in [0.29, 0.717) is 18.3 Å². The first-order valence-corrected chi connectivity index (χ1v) is 7.14. The standard InChI is InChI=1S/C15H18F3NO/c16-15(17,18)13-3-4-19-8-12(13)14(20)7-11-6-9-1-2-10(11)5-9/h3-4,8-11,14,20H,1-2,5-7H2. The Morgan fingerprint density at radius 1 is 1.30 bits per heavy atom. The number of pyridine rings is 1. The summed E-state index contributed by atoms with van der Waals surface area (Å²) in [7, 11) is 0. The molecule has 2 nitrogen and oxygen atoms in total. The van der Waals surface area contributed by atoms with Crippen molar-refractivity contribution in [1.29, 1.82) is 0 Å². The van der Waals surface area contributed by atoms with E-state index in [4.69, 9.17) is 0 Å². The lowest BCUT2D eigenvalue weighted by Crippen LogP contribution is -2.17. The predicted molar refractivity (Wildman–Crippen MR) is 67.8 cm³/mol. The van der Waals surface area contributed by atoms with E-state index in [0.717, 1.165) is 30.8 Å². The molecule has 2 saturated carbocycles. The smallest absolute Gasteiger partial charge is 0.388 e. The number of fused-ring (bicyclic) bond motifs is 2. The van der Waals surface area contributed by atoms with Crippen LogP contribution in [-0.4, -0.2) is 10.1 Å². The molecule has 5 heteroatoms. The molecule has 0 saturated heterocycles. The molecule has 110 valence electrons. The van der Waals surface area contributed by atoms with Crippen molar-refractivity contribution in [3.8, 4) is 0 Å². The maximum absolute atomic E-state index is 12.9. The highest BCUT2D eigenvalue weighted by Gasteiger charge is 2.41. The topological polar surface area (TPSA) is 33.1 Å². The van der Waals surface area contributed by atoms with Crippen LogP contribution in [0.2, 0.25) is 0 Å². The van der Waals surface area contributed by atoms with E-state index in [1.165, 1.54) is 19.3 Å². The fraction of sp³-hybridized carbons (Fsp3) is 0.667. The van der Waals surface area contributed by atoms with Crippen LogP contribution in [0, 0.1) is 17.8 Å². The Labute approximate surface area is 116 Å². The van der Waals surface area contributed by atoms with Gasteiger partial charge in [-0.2, -0.15) is 13.2 Å². The first kappa shape index (κ1) is 13.9. The van der Waals surface area contributed by atoms with E-state index < -0.39 is 17.8 Å². The average Bonchev–Trinajstić information content (AvgIpc) is 3.00. The van der Waals surface area contributed by atoms with Gasteiger partial charge in [0.25, 0.3) is 0 Å². The van der Waals surface area contributed by atoms with E-state index in [1.807, 2.05) is 0 Å². The maximum Gasteiger partial charge on any atom is 0.416 e. The Morgan fingerprint density at radius 2 is 2.10 bits per heavy atom. The lowest BCUT2D eigenvalue weighted by molar-refractivity contribution is -0.139. The van der Waals surface area contributed by atoms with E-state index in [2.05, 4.69) is 4.98 Å². The molecule has 2 bridgehead atoms. The summed E-state index contributed by atoms with van der Waals surface area (Å²) in [6, 6.07) is 0.944. The third-order valence-corrected chi connectivity index (χ3v) is 4.93. The zero-order valence-corrected chi connectivity index (χ0v) is 11.1. The highest BCUT2D eigenvalue weighted by atomic mass is 19.4. The van der Waals surface area contributed by atoms with Gasteiger partial charge >= 0.3 is 6.18 Å². The Hall–Kier alpha value is -1.10. The van der Waals surface area contributed by atoms with Crippen LogP contribution in [0.25, 0.3) is 0 Å². The van der Waals surface area contributed by atoms with Crippen LogP contribution < -0.4 is 0 Å². The molecule has 4 atom stereocenters. The molecule has 4 unspecified atom stereocenters. The molecule has 2 aliphatic rings. The number of aliphatic hydroxyl groups excluding tert-OH is 1. The van der Waals surface area contributed by atoms with E-state index >= 15 is 0 Å². The molecule has 1 aromatic rings. The maximum atomic E-state index is 12.9. The number of aliphatic hydroxyl groups is 1. The quantitative estimate of drug-likeness (QED) is 0.912. The van der Waals surface area contributed by atoms with E-state index in [1.54, 1.807) is 0 Å². The molecule has 0 aliphatic heterocycles. The van der Waals surface area contributed by atoms with Crippen LogP contribution in [0.4, 0.5) is 13.2 Å². The van der Waals surface area contributed by atoms with Gasteiger partial charge in [-0.15, -0.1) is 0 Å². The van der Waals surface area contributed by atoms with Crippen molar-refractivity contribution in [2.24, 2.45) is 17.8 Å². The molecule has 0 aromatic carbocycles. The molecule has 1 heterocycles. The van der Waals surface area contributed by atoms with Gasteiger partial charge in [0.1, 0.15) is 0 Å². The van der Waals surface area contributed by atoms with Crippen molar-refractivity contribution >= 4 is 0 Å². The molecule has 3 rings (SSSR count). The normalized spacial score (nSPS) is 30.7. The average molecular weight is 285 g/mol. The number of rotatable bonds is 3. The molecular weight excluding hydrogens is 267 g/mol. The van der Waals surface area contributed by atoms with Gasteiger partial charge in [0, 0.05) is 18.0 Å². The summed E-state index contributed by atoms with van der Waals surface area (Å²) in [4.78, 5) is 3.74. The Bertz CT molecular complexity index is 488. The third kappa shape index (κ3) is 2.55. The molecular formula is C15H18F3NO. The van der Waals surface area contributed by atoms with Crippen LogP contribution in [0.5, 0.6) is 0 Å². The first-order valence-electron chi connectivity index (χ1n) is 7.14. The number of aromatic nitrogens is 1. The van der Waals surface area contributed by atoms with Crippen LogP contribution in [0.3, 0.4) is 0 Å². The Balaban J connectivity index is 1.76. The lowest BCUT2D eigenvalue weighted by atomic mass is 9.83. The van der Waals surface area contributed by atoms with E-state index in [9.17, 15) is 18.3 Å². The summed E-state index contributed by atoms with van der Waals surface area (Å²) in [5.41, 5.74) is -0.842. The van der Waals surface area contributed by atoms with Gasteiger partial charge in [0.2, 0.25) is 0 Å². The fourth-order valence-corrected chi connectivity index (χ4v) is 4.01. The van der Waals surface area contributed by atoms with Gasteiger partial charge in [-0.05, 0) is 49.5 Å². The van der Waals surface area contributed by atoms with Crippen molar-refractivity contribution in [2.75, 3.05) is 0 Å². The number of halogens is 3. The highest BCUT2D eigenvalue weighted by molar-refractivity contribution is 5.28. The molecule has 0 amide bonds. The predicted octanol–water partition coefficient (Wildman–Crippen LogP) is 3.96. The summed E-state index contributed by atoms with van der Waals surface area (Å²) in [5.74, 6) is 1.69. The van der Waals surface area contributed by atoms with E-state index in [-0.39, 0.29) is 5.56 Å². The Kier molecular flexibility index (Phi) is 3.48. The number of hydrogen-bond donors (Lipinski definition) is 1. The number of alkyl halides is 3. The highest BCUT2D eigenvalue weighted by Crippen LogP contribution is 2.51. The minimum absolute atomic E-state index is 0.0808. The number of nitrogens with zero attached hydrogens (tertiary/aromatic N) is 1. The fourth-order valence-electron chi connectivity index (χ4n) is 4.01. The van der Waals surface area contributed by atoms with Crippen molar-refractivity contribution in [1.82, 2.24) is 4.98 Å². The molecule has 1 N–H and O–H groups in total. The summed E-state index contributed by atoms with van der Waals surface area (Å²) in [5, 5.41) is 10.2. The van der Waals surface area contributed by atoms with Crippen molar-refractivity contribution in [3.05, 3.63) is 29.6 Å². The molecule has 0 spiro atoms. The zero-order valence-electron chi connectivity index (χ0n) is 11.1. The van der Waals surface area contributed by atoms with Gasteiger partial charge in [-0.25, -0.2) is 0 Å². The van der Waals surface area contributed by atoms with Crippen molar-refractivity contribution in [3.63, 3.8) is 0 Å². The van der Waals surface area contributed by atoms with Gasteiger partial charge < -0.3 is 5.11 Å². The zero-order chi connectivity index (χ0) is 14.3. The molecule has 2 fully saturated rings. The monoisotopic (exact) mass is 285 g/mol. The van der Waals surface area contributed by atoms with Crippen molar-refractivity contribution < 1.29 is 18.3 Å². The summed E-state index contributed by atoms with van der Waals surface area (Å²) in [6.45, 7) is 0. The number of hydrogen-bond acceptors (Lipinski definition) is 2. The largest absolute Gasteiger partial charge is 0.416 e. The molecule has 20 heavy (non-hydrogen) atoms. The SMILES string of the molecule is OC(CC1CC2CCC1C2)c1cnccc1C(F)(F)F. The molecule has 2 aliphatic carbocycles. The summed E-state index contributed by atoms with van der Waals surface area (Å²) in [6.07, 6.45) is 1.87. The third-order valence-electron chi connectivity index (χ3n) is 4.93. The summed E-state index contributed by atoms with van der Waals surface area (Å²) < 4.78 is 38.8. The second-order valence-corrected chi connectivity index (χ2v) is 6.15. The first-order chi connectivity index (χ1) is 9.45. The van der Waals surface area contributed by atoms with Gasteiger partial charge in [0.05, 0.1) is 11.7 Å². The lowest BCUT2D eigenvalue weighted by Gasteiger charge is -2.25. The van der Waals surface area contributed by atoms with Gasteiger partial charge in [-0.1, -0.05) is 6.42 Å². The van der Waals surface area contributed by atoms with Gasteiger partial charge in [0.15, 0.2) is 0 Å².